The molecule has 2 amide bonds. The first kappa shape index (κ1) is 13.0. The Morgan fingerprint density at radius 1 is 1.50 bits per heavy atom. The van der Waals surface area contributed by atoms with E-state index >= 15 is 0 Å². The number of aromatic nitrogens is 1. The zero-order chi connectivity index (χ0) is 12.2. The highest BCUT2D eigenvalue weighted by atomic mass is 32.1. The van der Waals surface area contributed by atoms with E-state index in [1.807, 2.05) is 33.2 Å². The molecule has 0 aliphatic carbocycles. The predicted molar refractivity (Wildman–Crippen MR) is 66.8 cm³/mol. The summed E-state index contributed by atoms with van der Waals surface area (Å²) in [7, 11) is 0. The highest BCUT2D eigenvalue weighted by molar-refractivity contribution is 7.09. The van der Waals surface area contributed by atoms with Gasteiger partial charge < -0.3 is 10.6 Å². The van der Waals surface area contributed by atoms with Crippen molar-refractivity contribution >= 4 is 17.4 Å². The summed E-state index contributed by atoms with van der Waals surface area (Å²) in [5.74, 6) is 0. The van der Waals surface area contributed by atoms with E-state index in [1.165, 1.54) is 4.88 Å². The first-order chi connectivity index (χ1) is 7.38. The van der Waals surface area contributed by atoms with Crippen LogP contribution < -0.4 is 10.6 Å². The number of nitrogens with one attached hydrogen (secondary N) is 2. The summed E-state index contributed by atoms with van der Waals surface area (Å²) in [6.45, 7) is 8.51. The van der Waals surface area contributed by atoms with Gasteiger partial charge in [0.05, 0.1) is 11.2 Å². The van der Waals surface area contributed by atoms with E-state index in [9.17, 15) is 4.79 Å². The van der Waals surface area contributed by atoms with E-state index in [-0.39, 0.29) is 11.6 Å². The van der Waals surface area contributed by atoms with Crippen LogP contribution in [0.1, 0.15) is 31.3 Å². The van der Waals surface area contributed by atoms with Gasteiger partial charge in [-0.2, -0.15) is 0 Å². The van der Waals surface area contributed by atoms with E-state index in [0.717, 1.165) is 12.1 Å². The van der Waals surface area contributed by atoms with Gasteiger partial charge in [0, 0.05) is 23.4 Å². The number of carbonyl (C=O) groups is 1. The van der Waals surface area contributed by atoms with Crippen LogP contribution in [0.25, 0.3) is 0 Å². The van der Waals surface area contributed by atoms with E-state index in [1.54, 1.807) is 11.3 Å². The van der Waals surface area contributed by atoms with Gasteiger partial charge in [-0.15, -0.1) is 11.3 Å². The lowest BCUT2D eigenvalue weighted by atomic mass is 10.1. The van der Waals surface area contributed by atoms with Gasteiger partial charge in [-0.1, -0.05) is 0 Å². The first-order valence-electron chi connectivity index (χ1n) is 5.33. The second-order valence-electron chi connectivity index (χ2n) is 4.74. The van der Waals surface area contributed by atoms with Crippen molar-refractivity contribution in [2.75, 3.05) is 6.54 Å². The maximum Gasteiger partial charge on any atom is 0.315 e. The molecule has 0 spiro atoms. The maximum absolute atomic E-state index is 11.4. The average Bonchev–Trinajstić information content (AvgIpc) is 2.48. The number of carbonyl (C=O) groups excluding carboxylic acids is 1. The molecule has 0 radical (unpaired) electrons. The van der Waals surface area contributed by atoms with Gasteiger partial charge in [0.25, 0.3) is 0 Å². The lowest BCUT2D eigenvalue weighted by Gasteiger charge is -2.20. The molecule has 0 bridgehead atoms. The third kappa shape index (κ3) is 4.61. The molecule has 0 saturated heterocycles. The smallest absolute Gasteiger partial charge is 0.315 e. The van der Waals surface area contributed by atoms with Crippen molar-refractivity contribution in [1.82, 2.24) is 15.6 Å². The molecule has 0 saturated carbocycles. The van der Waals surface area contributed by atoms with Gasteiger partial charge in [-0.25, -0.2) is 9.78 Å². The number of hydrogen-bond donors (Lipinski definition) is 2. The Morgan fingerprint density at radius 2 is 2.19 bits per heavy atom. The first-order valence-corrected chi connectivity index (χ1v) is 6.21. The second-order valence-corrected chi connectivity index (χ2v) is 5.68. The molecule has 90 valence electrons. The Hall–Kier alpha value is -1.10. The van der Waals surface area contributed by atoms with Crippen LogP contribution >= 0.6 is 11.3 Å². The van der Waals surface area contributed by atoms with Crippen LogP contribution in [-0.4, -0.2) is 23.1 Å². The number of nitrogens with zero attached hydrogens (tertiary/aromatic N) is 1. The van der Waals surface area contributed by atoms with E-state index in [2.05, 4.69) is 15.6 Å². The topological polar surface area (TPSA) is 54.0 Å². The number of amides is 2. The molecule has 0 fully saturated rings. The van der Waals surface area contributed by atoms with Gasteiger partial charge in [-0.3, -0.25) is 0 Å². The molecule has 1 aromatic heterocycles. The molecular formula is C11H19N3OS. The van der Waals surface area contributed by atoms with Crippen LogP contribution in [0.2, 0.25) is 0 Å². The van der Waals surface area contributed by atoms with Crippen molar-refractivity contribution in [3.8, 4) is 0 Å². The third-order valence-corrected chi connectivity index (χ3v) is 2.97. The largest absolute Gasteiger partial charge is 0.338 e. The van der Waals surface area contributed by atoms with Crippen molar-refractivity contribution in [3.05, 3.63) is 16.1 Å². The minimum atomic E-state index is -0.190. The molecule has 0 atom stereocenters. The van der Waals surface area contributed by atoms with E-state index in [0.29, 0.717) is 6.54 Å². The van der Waals surface area contributed by atoms with Crippen LogP contribution in [0.4, 0.5) is 4.79 Å². The highest BCUT2D eigenvalue weighted by Gasteiger charge is 2.12. The summed E-state index contributed by atoms with van der Waals surface area (Å²) in [4.78, 5) is 16.8. The zero-order valence-corrected chi connectivity index (χ0v) is 11.1. The number of rotatable bonds is 3. The standard InChI is InChI=1S/C11H19N3OS/c1-8-9(16-7-13-8)5-6-12-10(15)14-11(2,3)4/h7H,5-6H2,1-4H3,(H2,12,14,15). The number of aryl methyl sites for hydroxylation is 1. The minimum absolute atomic E-state index is 0.116. The molecular weight excluding hydrogens is 222 g/mol. The summed E-state index contributed by atoms with van der Waals surface area (Å²) < 4.78 is 0. The molecule has 1 heterocycles. The highest BCUT2D eigenvalue weighted by Crippen LogP contribution is 2.11. The molecule has 16 heavy (non-hydrogen) atoms. The van der Waals surface area contributed by atoms with Crippen LogP contribution in [0.5, 0.6) is 0 Å². The molecule has 1 rings (SSSR count). The van der Waals surface area contributed by atoms with Crippen LogP contribution in [0, 0.1) is 6.92 Å². The number of thiazole rings is 1. The molecule has 0 aromatic carbocycles. The molecule has 0 aliphatic rings. The lowest BCUT2D eigenvalue weighted by molar-refractivity contribution is 0.232. The Morgan fingerprint density at radius 3 is 2.69 bits per heavy atom. The Bertz CT molecular complexity index is 354. The van der Waals surface area contributed by atoms with Gasteiger partial charge in [0.2, 0.25) is 0 Å². The Balaban J connectivity index is 2.26. The maximum atomic E-state index is 11.4. The SMILES string of the molecule is Cc1ncsc1CCNC(=O)NC(C)(C)C. The van der Waals surface area contributed by atoms with Gasteiger partial charge in [0.1, 0.15) is 0 Å². The quantitative estimate of drug-likeness (QED) is 0.851. The van der Waals surface area contributed by atoms with E-state index < -0.39 is 0 Å². The minimum Gasteiger partial charge on any atom is -0.338 e. The second kappa shape index (κ2) is 5.30. The normalized spacial score (nSPS) is 11.2. The summed E-state index contributed by atoms with van der Waals surface area (Å²) in [5, 5.41) is 5.69. The molecule has 4 nitrogen and oxygen atoms in total. The summed E-state index contributed by atoms with van der Waals surface area (Å²) in [6, 6.07) is -0.116. The van der Waals surface area contributed by atoms with Gasteiger partial charge in [0.15, 0.2) is 0 Å². The molecule has 2 N–H and O–H groups in total. The van der Waals surface area contributed by atoms with Crippen molar-refractivity contribution in [1.29, 1.82) is 0 Å². The fraction of sp³-hybridized carbons (Fsp3) is 0.636. The zero-order valence-electron chi connectivity index (χ0n) is 10.3. The molecule has 1 aromatic rings. The summed E-state index contributed by atoms with van der Waals surface area (Å²) in [6.07, 6.45) is 0.841. The van der Waals surface area contributed by atoms with Crippen molar-refractivity contribution in [2.45, 2.75) is 39.7 Å². The molecule has 5 heteroatoms. The lowest BCUT2D eigenvalue weighted by Crippen LogP contribution is -2.46. The third-order valence-electron chi connectivity index (χ3n) is 1.97. The van der Waals surface area contributed by atoms with Gasteiger partial charge in [-0.05, 0) is 27.7 Å². The monoisotopic (exact) mass is 241 g/mol. The molecule has 0 unspecified atom stereocenters. The predicted octanol–water partition coefficient (Wildman–Crippen LogP) is 2.09. The molecule has 0 aliphatic heterocycles. The van der Waals surface area contributed by atoms with Gasteiger partial charge >= 0.3 is 6.03 Å². The number of urea groups is 1. The Labute approximate surface area is 100 Å². The van der Waals surface area contributed by atoms with E-state index in [4.69, 9.17) is 0 Å². The average molecular weight is 241 g/mol. The fourth-order valence-corrected chi connectivity index (χ4v) is 2.02. The number of hydrogen-bond acceptors (Lipinski definition) is 3. The van der Waals surface area contributed by atoms with Crippen molar-refractivity contribution in [3.63, 3.8) is 0 Å². The Kier molecular flexibility index (Phi) is 4.29. The van der Waals surface area contributed by atoms with Crippen molar-refractivity contribution < 1.29 is 4.79 Å². The van der Waals surface area contributed by atoms with Crippen LogP contribution in [0.3, 0.4) is 0 Å². The van der Waals surface area contributed by atoms with Crippen LogP contribution in [-0.2, 0) is 6.42 Å². The van der Waals surface area contributed by atoms with Crippen molar-refractivity contribution in [2.24, 2.45) is 0 Å². The van der Waals surface area contributed by atoms with Crippen LogP contribution in [0.15, 0.2) is 5.51 Å². The summed E-state index contributed by atoms with van der Waals surface area (Å²) >= 11 is 1.63. The summed E-state index contributed by atoms with van der Waals surface area (Å²) in [5.41, 5.74) is 2.70. The fourth-order valence-electron chi connectivity index (χ4n) is 1.24.